The van der Waals surface area contributed by atoms with Crippen LogP contribution in [-0.2, 0) is 48.2 Å². The molecule has 0 amide bonds. The Morgan fingerprint density at radius 1 is 0.643 bits per heavy atom. The van der Waals surface area contributed by atoms with Gasteiger partial charge in [0.15, 0.2) is 0 Å². The predicted molar refractivity (Wildman–Crippen MR) is 202 cm³/mol. The fourth-order valence-corrected chi connectivity index (χ4v) is 14.1. The number of carbonyl (C=O) groups is 4. The molecule has 12 nitrogen and oxygen atoms in total. The summed E-state index contributed by atoms with van der Waals surface area (Å²) >= 11 is 0. The summed E-state index contributed by atoms with van der Waals surface area (Å²) < 4.78 is 11.1. The average molecular weight is 785 g/mol. The zero-order valence-electron chi connectivity index (χ0n) is 34.5. The molecule has 2 N–H and O–H groups in total. The van der Waals surface area contributed by atoms with Crippen LogP contribution in [0.1, 0.15) is 120 Å². The number of ether oxygens (including phenoxy) is 2. The van der Waals surface area contributed by atoms with Crippen molar-refractivity contribution < 1.29 is 58.4 Å². The minimum Gasteiger partial charge on any atom is -0.481 e. The Morgan fingerprint density at radius 3 is 1.32 bits per heavy atom. The van der Waals surface area contributed by atoms with Crippen LogP contribution in [0, 0.1) is 69.0 Å². The molecule has 312 valence electrons. The third-order valence-corrected chi connectivity index (χ3v) is 16.4. The molecule has 4 bridgehead atoms. The molecular formula is C44H64O12. The molecule has 0 aromatic heterocycles. The lowest BCUT2D eigenvalue weighted by atomic mass is 9.49. The van der Waals surface area contributed by atoms with E-state index in [2.05, 4.69) is 39.8 Å². The Morgan fingerprint density at radius 2 is 1.02 bits per heavy atom. The van der Waals surface area contributed by atoms with Crippen LogP contribution in [-0.4, -0.2) is 71.7 Å². The first kappa shape index (κ1) is 41.4. The van der Waals surface area contributed by atoms with Crippen LogP contribution in [0.15, 0.2) is 23.3 Å². The zero-order chi connectivity index (χ0) is 40.5. The van der Waals surface area contributed by atoms with Gasteiger partial charge in [-0.3, -0.25) is 19.2 Å². The third-order valence-electron chi connectivity index (χ3n) is 16.4. The zero-order valence-corrected chi connectivity index (χ0v) is 34.5. The van der Waals surface area contributed by atoms with Crippen molar-refractivity contribution in [2.75, 3.05) is 13.2 Å². The summed E-state index contributed by atoms with van der Waals surface area (Å²) in [5.41, 5.74) is 0.195. The van der Waals surface area contributed by atoms with Crippen molar-refractivity contribution in [1.82, 2.24) is 0 Å². The van der Waals surface area contributed by atoms with Crippen LogP contribution >= 0.6 is 0 Å². The number of esters is 2. The summed E-state index contributed by atoms with van der Waals surface area (Å²) in [6.45, 7) is 16.1. The topological polar surface area (TPSA) is 164 Å². The molecule has 0 unspecified atom stereocenters. The summed E-state index contributed by atoms with van der Waals surface area (Å²) in [5.74, 6) is -1.03. The van der Waals surface area contributed by atoms with E-state index < -0.39 is 22.8 Å². The molecule has 0 radical (unpaired) electrons. The summed E-state index contributed by atoms with van der Waals surface area (Å²) in [5, 5.41) is 20.9. The van der Waals surface area contributed by atoms with E-state index in [1.807, 2.05) is 13.8 Å². The van der Waals surface area contributed by atoms with Gasteiger partial charge in [-0.25, -0.2) is 19.6 Å². The van der Waals surface area contributed by atoms with Crippen LogP contribution in [0.2, 0.25) is 0 Å². The number of hydrogen-bond acceptors (Lipinski definition) is 10. The van der Waals surface area contributed by atoms with E-state index in [0.717, 1.165) is 49.7 Å². The number of fused-ring (bicyclic) bond motifs is 4. The highest BCUT2D eigenvalue weighted by molar-refractivity contribution is 5.77. The molecule has 0 aromatic rings. The van der Waals surface area contributed by atoms with Gasteiger partial charge in [-0.1, -0.05) is 39.8 Å². The first-order valence-electron chi connectivity index (χ1n) is 21.2. The molecule has 14 atom stereocenters. The number of carboxylic acid groups (broad SMARTS) is 2. The lowest BCUT2D eigenvalue weighted by Gasteiger charge is -2.54. The highest BCUT2D eigenvalue weighted by atomic mass is 17.2. The van der Waals surface area contributed by atoms with E-state index in [-0.39, 0.29) is 82.7 Å². The van der Waals surface area contributed by atoms with Crippen molar-refractivity contribution in [3.05, 3.63) is 23.3 Å². The van der Waals surface area contributed by atoms with Gasteiger partial charge in [0.25, 0.3) is 0 Å². The number of hydrogen-bond donors (Lipinski definition) is 2. The van der Waals surface area contributed by atoms with Gasteiger partial charge in [0.1, 0.15) is 24.4 Å². The second-order valence-electron chi connectivity index (χ2n) is 19.6. The quantitative estimate of drug-likeness (QED) is 0.142. The summed E-state index contributed by atoms with van der Waals surface area (Å²) in [4.78, 5) is 71.7. The first-order valence-corrected chi connectivity index (χ1v) is 21.2. The predicted octanol–water partition coefficient (Wildman–Crippen LogP) is 7.50. The molecule has 6 aliphatic carbocycles. The standard InChI is InChI=1S/2C22H32O6/c2*1-12(2)15-5-6-16-19-17-9-13(3)18(28-27-17)10-21(19,11-26-14(4)23)7-8-22(15,16)20(24)25/h2*9,12,15-19H,5-8,10-11H2,1-4H3,(H,24,25)/t2*15-,16+,17-,18-,19-,21+,22+/m11/s1. The largest absolute Gasteiger partial charge is 0.481 e. The van der Waals surface area contributed by atoms with Crippen LogP contribution in [0.3, 0.4) is 0 Å². The Hall–Kier alpha value is -2.80. The van der Waals surface area contributed by atoms with E-state index in [4.69, 9.17) is 29.0 Å². The monoisotopic (exact) mass is 784 g/mol. The Labute approximate surface area is 331 Å². The number of aliphatic carboxylic acids is 2. The maximum atomic E-state index is 12.7. The second kappa shape index (κ2) is 15.1. The fourth-order valence-electron chi connectivity index (χ4n) is 14.1. The average Bonchev–Trinajstić information content (AvgIpc) is 3.56. The molecule has 10 aliphatic rings. The van der Waals surface area contributed by atoms with E-state index in [0.29, 0.717) is 50.7 Å². The lowest BCUT2D eigenvalue weighted by molar-refractivity contribution is -0.344. The number of carboxylic acids is 2. The van der Waals surface area contributed by atoms with Gasteiger partial charge in [0.05, 0.1) is 24.0 Å². The molecule has 4 aliphatic heterocycles. The maximum Gasteiger partial charge on any atom is 0.310 e. The van der Waals surface area contributed by atoms with E-state index in [1.165, 1.54) is 13.8 Å². The van der Waals surface area contributed by atoms with E-state index in [9.17, 15) is 29.4 Å². The minimum absolute atomic E-state index is 0.00351. The minimum atomic E-state index is -0.730. The molecule has 0 spiro atoms. The molecule has 4 heterocycles. The summed E-state index contributed by atoms with van der Waals surface area (Å²) in [7, 11) is 0. The fraction of sp³-hybridized carbons (Fsp3) is 0.818. The van der Waals surface area contributed by atoms with Crippen molar-refractivity contribution in [1.29, 1.82) is 0 Å². The molecule has 0 aromatic carbocycles. The molecule has 2 saturated heterocycles. The van der Waals surface area contributed by atoms with Gasteiger partial charge in [-0.15, -0.1) is 0 Å². The Balaban J connectivity index is 0.000000172. The smallest absolute Gasteiger partial charge is 0.310 e. The van der Waals surface area contributed by atoms with Crippen LogP contribution in [0.4, 0.5) is 0 Å². The van der Waals surface area contributed by atoms with Crippen LogP contribution in [0.25, 0.3) is 0 Å². The third kappa shape index (κ3) is 6.47. The SMILES string of the molecule is CC(=O)OC[C@@]12CC[C@]3(C(=O)O)[C@@H](C(C)C)CC[C@H]3[C@@H]1[C@H]1C=C(C)[C@@H](C2)OO1.CC(=O)OC[C@@]12CC[C@]3(C(=O)O)[C@@H](C(C)C)CC[C@H]3[C@@H]1[C@H]1C=C(C)[C@@H](C2)OO1. The summed E-state index contributed by atoms with van der Waals surface area (Å²) in [6.07, 6.45) is 11.1. The van der Waals surface area contributed by atoms with Gasteiger partial charge in [-0.05, 0) is 125 Å². The molecule has 6 fully saturated rings. The van der Waals surface area contributed by atoms with Gasteiger partial charge in [-0.2, -0.15) is 0 Å². The Kier molecular flexibility index (Phi) is 11.2. The van der Waals surface area contributed by atoms with Gasteiger partial charge < -0.3 is 19.7 Å². The Bertz CT molecular complexity index is 1520. The van der Waals surface area contributed by atoms with Crippen LogP contribution in [0.5, 0.6) is 0 Å². The first-order chi connectivity index (χ1) is 26.4. The second-order valence-corrected chi connectivity index (χ2v) is 19.6. The van der Waals surface area contributed by atoms with Gasteiger partial charge >= 0.3 is 23.9 Å². The van der Waals surface area contributed by atoms with E-state index in [1.54, 1.807) is 0 Å². The van der Waals surface area contributed by atoms with Crippen molar-refractivity contribution in [2.45, 2.75) is 144 Å². The molecule has 12 heteroatoms. The van der Waals surface area contributed by atoms with Crippen molar-refractivity contribution in [2.24, 2.45) is 69.0 Å². The number of rotatable bonds is 8. The van der Waals surface area contributed by atoms with Crippen LogP contribution < -0.4 is 0 Å². The van der Waals surface area contributed by atoms with Crippen molar-refractivity contribution in [3.63, 3.8) is 0 Å². The van der Waals surface area contributed by atoms with E-state index >= 15 is 0 Å². The molecular weight excluding hydrogens is 720 g/mol. The van der Waals surface area contributed by atoms with Crippen molar-refractivity contribution >= 4 is 23.9 Å². The highest BCUT2D eigenvalue weighted by Crippen LogP contribution is 2.69. The molecule has 56 heavy (non-hydrogen) atoms. The molecule has 4 saturated carbocycles. The highest BCUT2D eigenvalue weighted by Gasteiger charge is 2.69. The summed E-state index contributed by atoms with van der Waals surface area (Å²) in [6, 6.07) is 0. The normalized spacial score (nSPS) is 44.5. The maximum absolute atomic E-state index is 12.7. The van der Waals surface area contributed by atoms with Gasteiger partial charge in [0.2, 0.25) is 0 Å². The number of carbonyl (C=O) groups excluding carboxylic acids is 2. The van der Waals surface area contributed by atoms with Gasteiger partial charge in [0, 0.05) is 36.5 Å². The molecule has 10 rings (SSSR count). The lowest BCUT2D eigenvalue weighted by Crippen LogP contribution is -2.57. The van der Waals surface area contributed by atoms with Crippen molar-refractivity contribution in [3.8, 4) is 0 Å².